The van der Waals surface area contributed by atoms with Crippen LogP contribution in [0.25, 0.3) is 11.3 Å². The van der Waals surface area contributed by atoms with Gasteiger partial charge in [0, 0.05) is 11.1 Å². The van der Waals surface area contributed by atoms with Crippen molar-refractivity contribution in [2.24, 2.45) is 11.8 Å². The number of carbonyl (C=O) groups is 2. The first-order valence-electron chi connectivity index (χ1n) is 11.9. The van der Waals surface area contributed by atoms with E-state index in [1.807, 2.05) is 6.92 Å². The number of benzene rings is 1. The average Bonchev–Trinajstić information content (AvgIpc) is 2.75. The van der Waals surface area contributed by atoms with Gasteiger partial charge in [0.2, 0.25) is 0 Å². The summed E-state index contributed by atoms with van der Waals surface area (Å²) in [5.41, 5.74) is 0.223. The molecule has 1 aliphatic carbocycles. The molecule has 36 heavy (non-hydrogen) atoms. The molecule has 1 N–H and O–H groups in total. The molecule has 1 heterocycles. The fourth-order valence-electron chi connectivity index (χ4n) is 4.03. The van der Waals surface area contributed by atoms with Crippen molar-refractivity contribution in [3.63, 3.8) is 0 Å². The number of esters is 1. The van der Waals surface area contributed by atoms with E-state index in [0.717, 1.165) is 12.1 Å². The van der Waals surface area contributed by atoms with Crippen LogP contribution in [0.2, 0.25) is 0 Å². The Kier molecular flexibility index (Phi) is 7.95. The summed E-state index contributed by atoms with van der Waals surface area (Å²) in [4.78, 5) is 25.4. The largest absolute Gasteiger partial charge is 0.456 e. The third-order valence-electron chi connectivity index (χ3n) is 5.75. The van der Waals surface area contributed by atoms with Gasteiger partial charge >= 0.3 is 18.2 Å². The summed E-state index contributed by atoms with van der Waals surface area (Å²) >= 11 is 0. The van der Waals surface area contributed by atoms with Gasteiger partial charge in [-0.3, -0.25) is 0 Å². The number of hydrogen-bond donors (Lipinski definition) is 1. The highest BCUT2D eigenvalue weighted by atomic mass is 19.4. The second kappa shape index (κ2) is 10.4. The Hall–Kier alpha value is -3.17. The number of amides is 1. The van der Waals surface area contributed by atoms with Gasteiger partial charge in [-0.1, -0.05) is 32.9 Å². The van der Waals surface area contributed by atoms with E-state index in [2.05, 4.69) is 15.5 Å². The fourth-order valence-corrected chi connectivity index (χ4v) is 4.03. The minimum absolute atomic E-state index is 0.139. The van der Waals surface area contributed by atoms with Crippen LogP contribution in [0.4, 0.5) is 18.0 Å². The lowest BCUT2D eigenvalue weighted by Crippen LogP contribution is -2.47. The van der Waals surface area contributed by atoms with Crippen molar-refractivity contribution in [3.8, 4) is 11.3 Å². The lowest BCUT2D eigenvalue weighted by molar-refractivity contribution is -0.154. The number of carbonyl (C=O) groups excluding carboxylic acids is 2. The Balaban J connectivity index is 1.87. The van der Waals surface area contributed by atoms with Crippen LogP contribution in [-0.4, -0.2) is 33.9 Å². The van der Waals surface area contributed by atoms with Crippen molar-refractivity contribution >= 4 is 12.1 Å². The molecule has 3 rings (SSSR count). The Bertz CT molecular complexity index is 1110. The summed E-state index contributed by atoms with van der Waals surface area (Å²) in [6.45, 7) is 10.7. The van der Waals surface area contributed by atoms with Gasteiger partial charge in [0.25, 0.3) is 0 Å². The number of hydrogen-bond acceptors (Lipinski definition) is 6. The van der Waals surface area contributed by atoms with Gasteiger partial charge in [-0.25, -0.2) is 9.59 Å². The molecular formula is C26H32F3N3O4. The molecule has 1 aliphatic rings. The van der Waals surface area contributed by atoms with Crippen LogP contribution in [0.1, 0.15) is 70.9 Å². The van der Waals surface area contributed by atoms with Crippen LogP contribution in [0.5, 0.6) is 0 Å². The monoisotopic (exact) mass is 507 g/mol. The minimum atomic E-state index is -4.49. The topological polar surface area (TPSA) is 90.4 Å². The molecule has 196 valence electrons. The summed E-state index contributed by atoms with van der Waals surface area (Å²) in [7, 11) is 0. The Morgan fingerprint density at radius 1 is 1.11 bits per heavy atom. The van der Waals surface area contributed by atoms with E-state index in [4.69, 9.17) is 9.47 Å². The van der Waals surface area contributed by atoms with E-state index < -0.39 is 41.5 Å². The van der Waals surface area contributed by atoms with Gasteiger partial charge < -0.3 is 14.8 Å². The quantitative estimate of drug-likeness (QED) is 0.509. The van der Waals surface area contributed by atoms with E-state index in [9.17, 15) is 22.8 Å². The number of alkyl carbamates (subject to hydrolysis) is 1. The number of halogens is 3. The molecule has 2 aromatic rings. The summed E-state index contributed by atoms with van der Waals surface area (Å²) in [6, 6.07) is 5.53. The summed E-state index contributed by atoms with van der Waals surface area (Å²) in [5.74, 6) is -0.764. The second-order valence-corrected chi connectivity index (χ2v) is 10.5. The molecule has 0 aliphatic heterocycles. The molecule has 1 amide bonds. The molecule has 0 radical (unpaired) electrons. The van der Waals surface area contributed by atoms with Crippen LogP contribution < -0.4 is 5.32 Å². The van der Waals surface area contributed by atoms with Crippen molar-refractivity contribution in [1.29, 1.82) is 0 Å². The maximum Gasteiger partial charge on any atom is 0.416 e. The third-order valence-corrected chi connectivity index (χ3v) is 5.75. The lowest BCUT2D eigenvalue weighted by atomic mass is 9.85. The maximum absolute atomic E-state index is 13.2. The predicted molar refractivity (Wildman–Crippen MR) is 127 cm³/mol. The number of rotatable bonds is 5. The standard InChI is InChI=1S/C26H32F3N3O4/c1-14(2)22(30-24(34)36-25(4,5)6)23(33)35-21-11-15(3)10-20-18(21)13-19(31-32-20)16-8-7-9-17(12-16)26(27,28)29/h7-9,12-15,21-22H,10-11H2,1-6H3,(H,30,34)/t15-,21-,22+/m1/s1. The van der Waals surface area contributed by atoms with Gasteiger partial charge in [0.15, 0.2) is 0 Å². The van der Waals surface area contributed by atoms with E-state index in [1.165, 1.54) is 12.1 Å². The Morgan fingerprint density at radius 3 is 2.42 bits per heavy atom. The van der Waals surface area contributed by atoms with Gasteiger partial charge in [0.1, 0.15) is 17.7 Å². The first kappa shape index (κ1) is 27.4. The maximum atomic E-state index is 13.2. The predicted octanol–water partition coefficient (Wildman–Crippen LogP) is 5.88. The Morgan fingerprint density at radius 2 is 1.81 bits per heavy atom. The normalized spacial score (nSPS) is 18.8. The van der Waals surface area contributed by atoms with Crippen molar-refractivity contribution in [2.75, 3.05) is 0 Å². The molecule has 0 spiro atoms. The number of fused-ring (bicyclic) bond motifs is 1. The van der Waals surface area contributed by atoms with Crippen molar-refractivity contribution in [1.82, 2.24) is 15.5 Å². The van der Waals surface area contributed by atoms with E-state index >= 15 is 0 Å². The third kappa shape index (κ3) is 6.95. The van der Waals surface area contributed by atoms with E-state index in [0.29, 0.717) is 24.1 Å². The number of alkyl halides is 3. The first-order valence-corrected chi connectivity index (χ1v) is 11.9. The molecule has 10 heteroatoms. The lowest BCUT2D eigenvalue weighted by Gasteiger charge is -2.31. The minimum Gasteiger partial charge on any atom is -0.456 e. The van der Waals surface area contributed by atoms with Gasteiger partial charge in [-0.15, -0.1) is 0 Å². The smallest absolute Gasteiger partial charge is 0.416 e. The molecular weight excluding hydrogens is 475 g/mol. The summed E-state index contributed by atoms with van der Waals surface area (Å²) < 4.78 is 50.7. The molecule has 0 fully saturated rings. The van der Waals surface area contributed by atoms with E-state index in [1.54, 1.807) is 40.7 Å². The average molecular weight is 508 g/mol. The number of ether oxygens (including phenoxy) is 2. The van der Waals surface area contributed by atoms with Crippen LogP contribution in [-0.2, 0) is 26.9 Å². The molecule has 7 nitrogen and oxygen atoms in total. The fraction of sp³-hybridized carbons (Fsp3) is 0.538. The zero-order chi connectivity index (χ0) is 26.8. The molecule has 0 unspecified atom stereocenters. The highest BCUT2D eigenvalue weighted by Crippen LogP contribution is 2.37. The number of aromatic nitrogens is 2. The van der Waals surface area contributed by atoms with Crippen LogP contribution in [0, 0.1) is 11.8 Å². The molecule has 1 aromatic carbocycles. The molecule has 0 saturated carbocycles. The highest BCUT2D eigenvalue weighted by molar-refractivity contribution is 5.82. The molecule has 0 saturated heterocycles. The summed E-state index contributed by atoms with van der Waals surface area (Å²) in [5, 5.41) is 11.0. The van der Waals surface area contributed by atoms with Gasteiger partial charge in [0.05, 0.1) is 17.0 Å². The Labute approximate surface area is 208 Å². The molecule has 1 aromatic heterocycles. The SMILES string of the molecule is CC(C)[C@H](NC(=O)OC(C)(C)C)C(=O)O[C@@H]1C[C@H](C)Cc2nnc(-c3cccc(C(F)(F)F)c3)cc21. The van der Waals surface area contributed by atoms with Crippen LogP contribution in [0.15, 0.2) is 30.3 Å². The number of nitrogens with one attached hydrogen (secondary N) is 1. The molecule has 3 atom stereocenters. The van der Waals surface area contributed by atoms with Gasteiger partial charge in [-0.05, 0) is 63.6 Å². The highest BCUT2D eigenvalue weighted by Gasteiger charge is 2.35. The van der Waals surface area contributed by atoms with E-state index in [-0.39, 0.29) is 23.1 Å². The van der Waals surface area contributed by atoms with Crippen LogP contribution >= 0.6 is 0 Å². The van der Waals surface area contributed by atoms with Crippen LogP contribution in [0.3, 0.4) is 0 Å². The first-order chi connectivity index (χ1) is 16.6. The second-order valence-electron chi connectivity index (χ2n) is 10.5. The van der Waals surface area contributed by atoms with Gasteiger partial charge in [-0.2, -0.15) is 23.4 Å². The number of nitrogens with zero attached hydrogens (tertiary/aromatic N) is 2. The summed E-state index contributed by atoms with van der Waals surface area (Å²) in [6.07, 6.45) is -4.79. The zero-order valence-corrected chi connectivity index (χ0v) is 21.3. The van der Waals surface area contributed by atoms with Crippen molar-refractivity contribution in [3.05, 3.63) is 47.2 Å². The van der Waals surface area contributed by atoms with Crippen molar-refractivity contribution in [2.45, 2.75) is 78.3 Å². The van der Waals surface area contributed by atoms with Crippen molar-refractivity contribution < 1.29 is 32.2 Å². The molecule has 0 bridgehead atoms. The zero-order valence-electron chi connectivity index (χ0n) is 21.3.